The van der Waals surface area contributed by atoms with Crippen molar-refractivity contribution in [1.29, 1.82) is 0 Å². The maximum absolute atomic E-state index is 6.15. The summed E-state index contributed by atoms with van der Waals surface area (Å²) in [5, 5.41) is 0. The summed E-state index contributed by atoms with van der Waals surface area (Å²) in [6.45, 7) is 8.69. The summed E-state index contributed by atoms with van der Waals surface area (Å²) >= 11 is 0. The Balaban J connectivity index is 2.65. The number of hydrogen-bond acceptors (Lipinski definition) is 3. The van der Waals surface area contributed by atoms with E-state index in [4.69, 9.17) is 15.2 Å². The molecule has 90 valence electrons. The highest BCUT2D eigenvalue weighted by molar-refractivity contribution is 4.95. The standard InChI is InChI=1S/C12H25NO2/c1-7(2)6-9-12(14-5)10(13)11(15-9)8(3)4/h7-12H,6,13H2,1-5H3/t9-,10+,11+,12-/m1/s1. The lowest BCUT2D eigenvalue weighted by Gasteiger charge is -2.20. The highest BCUT2D eigenvalue weighted by Gasteiger charge is 2.43. The van der Waals surface area contributed by atoms with E-state index in [9.17, 15) is 0 Å². The Bertz CT molecular complexity index is 194. The Morgan fingerprint density at radius 2 is 1.87 bits per heavy atom. The average Bonchev–Trinajstić information content (AvgIpc) is 2.41. The number of hydrogen-bond donors (Lipinski definition) is 1. The van der Waals surface area contributed by atoms with Gasteiger partial charge in [0.25, 0.3) is 0 Å². The molecule has 3 heteroatoms. The second kappa shape index (κ2) is 5.28. The highest BCUT2D eigenvalue weighted by atomic mass is 16.6. The van der Waals surface area contributed by atoms with Crippen LogP contribution >= 0.6 is 0 Å². The second-order valence-electron chi connectivity index (χ2n) is 5.29. The van der Waals surface area contributed by atoms with Crippen LogP contribution in [0.3, 0.4) is 0 Å². The predicted octanol–water partition coefficient (Wildman–Crippen LogP) is 1.80. The van der Waals surface area contributed by atoms with Gasteiger partial charge in [-0.3, -0.25) is 0 Å². The van der Waals surface area contributed by atoms with Crippen LogP contribution in [0.4, 0.5) is 0 Å². The van der Waals surface area contributed by atoms with Gasteiger partial charge >= 0.3 is 0 Å². The molecule has 0 radical (unpaired) electrons. The largest absolute Gasteiger partial charge is 0.377 e. The first-order chi connectivity index (χ1) is 6.97. The zero-order chi connectivity index (χ0) is 11.6. The molecule has 0 unspecified atom stereocenters. The molecule has 1 aliphatic heterocycles. The van der Waals surface area contributed by atoms with Crippen molar-refractivity contribution < 1.29 is 9.47 Å². The molecule has 0 amide bonds. The normalized spacial score (nSPS) is 36.8. The molecule has 1 rings (SSSR count). The molecule has 3 nitrogen and oxygen atoms in total. The third-order valence-electron chi connectivity index (χ3n) is 3.09. The van der Waals surface area contributed by atoms with Crippen LogP contribution in [-0.2, 0) is 9.47 Å². The third kappa shape index (κ3) is 2.92. The van der Waals surface area contributed by atoms with Gasteiger partial charge in [0.1, 0.15) is 6.10 Å². The first kappa shape index (κ1) is 12.9. The molecule has 0 aliphatic carbocycles. The van der Waals surface area contributed by atoms with E-state index in [0.29, 0.717) is 11.8 Å². The van der Waals surface area contributed by atoms with Crippen LogP contribution in [-0.4, -0.2) is 31.5 Å². The minimum absolute atomic E-state index is 0.0127. The maximum atomic E-state index is 6.15. The maximum Gasteiger partial charge on any atom is 0.101 e. The van der Waals surface area contributed by atoms with Gasteiger partial charge in [-0.2, -0.15) is 0 Å². The van der Waals surface area contributed by atoms with E-state index in [-0.39, 0.29) is 24.4 Å². The Morgan fingerprint density at radius 3 is 2.27 bits per heavy atom. The van der Waals surface area contributed by atoms with Crippen molar-refractivity contribution in [3.8, 4) is 0 Å². The Morgan fingerprint density at radius 1 is 1.27 bits per heavy atom. The predicted molar refractivity (Wildman–Crippen MR) is 61.7 cm³/mol. The smallest absolute Gasteiger partial charge is 0.101 e. The summed E-state index contributed by atoms with van der Waals surface area (Å²) in [4.78, 5) is 0. The van der Waals surface area contributed by atoms with Crippen LogP contribution in [0.1, 0.15) is 34.1 Å². The molecule has 1 heterocycles. The lowest BCUT2D eigenvalue weighted by Crippen LogP contribution is -2.43. The van der Waals surface area contributed by atoms with Crippen molar-refractivity contribution in [2.75, 3.05) is 7.11 Å². The van der Waals surface area contributed by atoms with Crippen molar-refractivity contribution in [2.24, 2.45) is 17.6 Å². The van der Waals surface area contributed by atoms with E-state index in [1.54, 1.807) is 7.11 Å². The van der Waals surface area contributed by atoms with Gasteiger partial charge in [0.15, 0.2) is 0 Å². The monoisotopic (exact) mass is 215 g/mol. The number of nitrogens with two attached hydrogens (primary N) is 1. The van der Waals surface area contributed by atoms with Gasteiger partial charge in [-0.25, -0.2) is 0 Å². The quantitative estimate of drug-likeness (QED) is 0.777. The topological polar surface area (TPSA) is 44.5 Å². The van der Waals surface area contributed by atoms with Crippen LogP contribution in [0.2, 0.25) is 0 Å². The fourth-order valence-corrected chi connectivity index (χ4v) is 2.37. The molecule has 1 saturated heterocycles. The minimum Gasteiger partial charge on any atom is -0.377 e. The molecule has 2 N–H and O–H groups in total. The molecule has 15 heavy (non-hydrogen) atoms. The van der Waals surface area contributed by atoms with Gasteiger partial charge in [-0.15, -0.1) is 0 Å². The SMILES string of the molecule is CO[C@H]1[C@@H](N)[C@H](C(C)C)O[C@@H]1CC(C)C. The van der Waals surface area contributed by atoms with Crippen LogP contribution in [0.15, 0.2) is 0 Å². The summed E-state index contributed by atoms with van der Waals surface area (Å²) in [6.07, 6.45) is 1.38. The van der Waals surface area contributed by atoms with E-state index in [1.807, 2.05) is 0 Å². The van der Waals surface area contributed by atoms with Crippen molar-refractivity contribution in [1.82, 2.24) is 0 Å². The number of ether oxygens (including phenoxy) is 2. The van der Waals surface area contributed by atoms with Crippen molar-refractivity contribution in [3.05, 3.63) is 0 Å². The molecule has 0 bridgehead atoms. The molecular weight excluding hydrogens is 190 g/mol. The molecule has 0 spiro atoms. The first-order valence-electron chi connectivity index (χ1n) is 5.91. The van der Waals surface area contributed by atoms with Gasteiger partial charge in [-0.05, 0) is 18.3 Å². The molecule has 0 aromatic rings. The Kier molecular flexibility index (Phi) is 4.56. The zero-order valence-corrected chi connectivity index (χ0v) is 10.6. The van der Waals surface area contributed by atoms with E-state index >= 15 is 0 Å². The summed E-state index contributed by atoms with van der Waals surface area (Å²) in [5.41, 5.74) is 6.15. The lowest BCUT2D eigenvalue weighted by atomic mass is 9.95. The molecule has 0 aromatic carbocycles. The second-order valence-corrected chi connectivity index (χ2v) is 5.29. The zero-order valence-electron chi connectivity index (χ0n) is 10.6. The fraction of sp³-hybridized carbons (Fsp3) is 1.00. The van der Waals surface area contributed by atoms with Crippen molar-refractivity contribution in [2.45, 2.75) is 58.5 Å². The van der Waals surface area contributed by atoms with Crippen LogP contribution in [0.25, 0.3) is 0 Å². The molecule has 0 saturated carbocycles. The van der Waals surface area contributed by atoms with Crippen LogP contribution < -0.4 is 5.73 Å². The van der Waals surface area contributed by atoms with E-state index in [2.05, 4.69) is 27.7 Å². The van der Waals surface area contributed by atoms with Crippen molar-refractivity contribution >= 4 is 0 Å². The fourth-order valence-electron chi connectivity index (χ4n) is 2.37. The Labute approximate surface area is 93.3 Å². The highest BCUT2D eigenvalue weighted by Crippen LogP contribution is 2.30. The molecule has 1 aliphatic rings. The van der Waals surface area contributed by atoms with E-state index < -0.39 is 0 Å². The molecule has 0 aromatic heterocycles. The van der Waals surface area contributed by atoms with Crippen molar-refractivity contribution in [3.63, 3.8) is 0 Å². The van der Waals surface area contributed by atoms with E-state index in [1.165, 1.54) is 0 Å². The molecular formula is C12H25NO2. The van der Waals surface area contributed by atoms with E-state index in [0.717, 1.165) is 6.42 Å². The number of rotatable bonds is 4. The molecule has 4 atom stereocenters. The van der Waals surface area contributed by atoms with Gasteiger partial charge in [0.05, 0.1) is 18.2 Å². The summed E-state index contributed by atoms with van der Waals surface area (Å²) in [7, 11) is 1.73. The Hall–Kier alpha value is -0.120. The van der Waals surface area contributed by atoms with Gasteiger partial charge in [-0.1, -0.05) is 27.7 Å². The van der Waals surface area contributed by atoms with Gasteiger partial charge < -0.3 is 15.2 Å². The van der Waals surface area contributed by atoms with Gasteiger partial charge in [0, 0.05) is 7.11 Å². The van der Waals surface area contributed by atoms with Crippen LogP contribution in [0, 0.1) is 11.8 Å². The average molecular weight is 215 g/mol. The molecule has 1 fully saturated rings. The summed E-state index contributed by atoms with van der Waals surface area (Å²) in [6, 6.07) is 0.0127. The summed E-state index contributed by atoms with van der Waals surface area (Å²) < 4.78 is 11.5. The van der Waals surface area contributed by atoms with Gasteiger partial charge in [0.2, 0.25) is 0 Å². The third-order valence-corrected chi connectivity index (χ3v) is 3.09. The minimum atomic E-state index is 0.0127. The lowest BCUT2D eigenvalue weighted by molar-refractivity contribution is -0.0263. The first-order valence-corrected chi connectivity index (χ1v) is 5.91. The number of methoxy groups -OCH3 is 1. The van der Waals surface area contributed by atoms with Crippen LogP contribution in [0.5, 0.6) is 0 Å². The summed E-state index contributed by atoms with van der Waals surface area (Å²) in [5.74, 6) is 1.07.